The zero-order valence-corrected chi connectivity index (χ0v) is 10.7. The van der Waals surface area contributed by atoms with E-state index in [4.69, 9.17) is 4.74 Å². The highest BCUT2D eigenvalue weighted by Gasteiger charge is 2.27. The zero-order valence-electron chi connectivity index (χ0n) is 10.7. The predicted octanol–water partition coefficient (Wildman–Crippen LogP) is 2.56. The van der Waals surface area contributed by atoms with E-state index in [0.717, 1.165) is 22.7 Å². The average molecular weight is 253 g/mol. The van der Waals surface area contributed by atoms with Gasteiger partial charge in [-0.25, -0.2) is 0 Å². The van der Waals surface area contributed by atoms with Gasteiger partial charge in [-0.15, -0.1) is 0 Å². The second kappa shape index (κ2) is 4.86. The van der Waals surface area contributed by atoms with E-state index < -0.39 is 6.10 Å². The second-order valence-corrected chi connectivity index (χ2v) is 4.58. The van der Waals surface area contributed by atoms with Gasteiger partial charge < -0.3 is 9.84 Å². The molecule has 1 N–H and O–H groups in total. The van der Waals surface area contributed by atoms with Crippen LogP contribution in [0.1, 0.15) is 5.56 Å². The van der Waals surface area contributed by atoms with Crippen molar-refractivity contribution in [1.29, 1.82) is 0 Å². The van der Waals surface area contributed by atoms with E-state index in [1.54, 1.807) is 13.2 Å². The molecule has 2 unspecified atom stereocenters. The molecular formula is C16H15NO2. The molecule has 0 saturated carbocycles. The van der Waals surface area contributed by atoms with Gasteiger partial charge in [0.15, 0.2) is 0 Å². The first-order chi connectivity index (χ1) is 9.28. The Labute approximate surface area is 112 Å². The molecule has 1 aromatic rings. The van der Waals surface area contributed by atoms with Crippen LogP contribution in [0.2, 0.25) is 0 Å². The first-order valence-corrected chi connectivity index (χ1v) is 6.26. The Balaban J connectivity index is 2.00. The summed E-state index contributed by atoms with van der Waals surface area (Å²) in [4.78, 5) is 4.63. The summed E-state index contributed by atoms with van der Waals surface area (Å²) in [6, 6.07) is 9.87. The van der Waals surface area contributed by atoms with E-state index in [9.17, 15) is 5.11 Å². The van der Waals surface area contributed by atoms with Crippen molar-refractivity contribution >= 4 is 11.4 Å². The highest BCUT2D eigenvalue weighted by molar-refractivity contribution is 6.04. The number of aliphatic hydroxyl groups is 1. The number of ether oxygens (including phenoxy) is 1. The molecule has 3 rings (SSSR count). The van der Waals surface area contributed by atoms with Crippen molar-refractivity contribution in [1.82, 2.24) is 0 Å². The maximum Gasteiger partial charge on any atom is 0.120 e. The standard InChI is InChI=1S/C16H15NO2/c1-19-12-7-8-13-15(9-12)17-14(10-16(13)18)11-5-3-2-4-6-11/h2-10,13,16,18H,1H3. The molecule has 19 heavy (non-hydrogen) atoms. The highest BCUT2D eigenvalue weighted by Crippen LogP contribution is 2.29. The molecule has 1 aromatic carbocycles. The average Bonchev–Trinajstić information content (AvgIpc) is 2.47. The molecule has 0 saturated heterocycles. The third kappa shape index (κ3) is 2.25. The molecule has 1 aliphatic carbocycles. The lowest BCUT2D eigenvalue weighted by molar-refractivity contribution is 0.202. The smallest absolute Gasteiger partial charge is 0.120 e. The second-order valence-electron chi connectivity index (χ2n) is 4.58. The van der Waals surface area contributed by atoms with E-state index in [-0.39, 0.29) is 5.92 Å². The summed E-state index contributed by atoms with van der Waals surface area (Å²) in [7, 11) is 1.63. The van der Waals surface area contributed by atoms with Crippen LogP contribution in [0.4, 0.5) is 0 Å². The highest BCUT2D eigenvalue weighted by atomic mass is 16.5. The van der Waals surface area contributed by atoms with Crippen LogP contribution in [-0.2, 0) is 4.74 Å². The van der Waals surface area contributed by atoms with Gasteiger partial charge in [-0.05, 0) is 17.7 Å². The van der Waals surface area contributed by atoms with Gasteiger partial charge in [0, 0.05) is 12.0 Å². The number of benzene rings is 1. The minimum atomic E-state index is -0.548. The van der Waals surface area contributed by atoms with Gasteiger partial charge in [0.1, 0.15) is 5.76 Å². The number of nitrogens with zero attached hydrogens (tertiary/aromatic N) is 1. The summed E-state index contributed by atoms with van der Waals surface area (Å²) in [6.07, 6.45) is 6.94. The summed E-state index contributed by atoms with van der Waals surface area (Å²) in [6.45, 7) is 0. The van der Waals surface area contributed by atoms with E-state index >= 15 is 0 Å². The van der Waals surface area contributed by atoms with Gasteiger partial charge in [0.25, 0.3) is 0 Å². The van der Waals surface area contributed by atoms with Crippen LogP contribution in [0, 0.1) is 5.92 Å². The maximum atomic E-state index is 10.2. The van der Waals surface area contributed by atoms with Gasteiger partial charge >= 0.3 is 0 Å². The Morgan fingerprint density at radius 1 is 1.21 bits per heavy atom. The molecule has 0 radical (unpaired) electrons. The predicted molar refractivity (Wildman–Crippen MR) is 75.6 cm³/mol. The number of fused-ring (bicyclic) bond motifs is 1. The zero-order chi connectivity index (χ0) is 13.2. The van der Waals surface area contributed by atoms with Crippen molar-refractivity contribution in [3.05, 3.63) is 66.0 Å². The van der Waals surface area contributed by atoms with E-state index in [2.05, 4.69) is 4.99 Å². The van der Waals surface area contributed by atoms with Gasteiger partial charge in [0.2, 0.25) is 0 Å². The molecule has 2 aliphatic rings. The number of allylic oxidation sites excluding steroid dienone is 2. The molecule has 96 valence electrons. The fourth-order valence-electron chi connectivity index (χ4n) is 2.32. The Bertz CT molecular complexity index is 596. The Kier molecular flexibility index (Phi) is 3.05. The van der Waals surface area contributed by atoms with Gasteiger partial charge in [-0.1, -0.05) is 36.4 Å². The molecule has 0 amide bonds. The lowest BCUT2D eigenvalue weighted by Gasteiger charge is -2.26. The summed E-state index contributed by atoms with van der Waals surface area (Å²) in [5.41, 5.74) is 2.66. The fraction of sp³-hybridized carbons (Fsp3) is 0.188. The van der Waals surface area contributed by atoms with Crippen molar-refractivity contribution in [2.45, 2.75) is 6.10 Å². The van der Waals surface area contributed by atoms with Crippen LogP contribution in [0.15, 0.2) is 65.4 Å². The number of hydrogen-bond donors (Lipinski definition) is 1. The minimum Gasteiger partial charge on any atom is -0.497 e. The Morgan fingerprint density at radius 3 is 2.74 bits per heavy atom. The molecule has 2 atom stereocenters. The number of hydrogen-bond acceptors (Lipinski definition) is 3. The molecule has 0 spiro atoms. The number of rotatable bonds is 2. The summed E-state index contributed by atoms with van der Waals surface area (Å²) < 4.78 is 5.21. The number of methoxy groups -OCH3 is 1. The van der Waals surface area contributed by atoms with Crippen molar-refractivity contribution < 1.29 is 9.84 Å². The van der Waals surface area contributed by atoms with Crippen molar-refractivity contribution in [2.75, 3.05) is 7.11 Å². The first-order valence-electron chi connectivity index (χ1n) is 6.26. The van der Waals surface area contributed by atoms with Crippen molar-refractivity contribution in [3.63, 3.8) is 0 Å². The lowest BCUT2D eigenvalue weighted by atomic mass is 9.88. The SMILES string of the molecule is COC1=CC2=NC(c3ccccc3)=CC(O)C2C=C1. The van der Waals surface area contributed by atoms with Gasteiger partial charge in [-0.2, -0.15) is 0 Å². The normalized spacial score (nSPS) is 25.1. The van der Waals surface area contributed by atoms with Crippen LogP contribution in [0.25, 0.3) is 5.70 Å². The number of aliphatic hydroxyl groups excluding tert-OH is 1. The fourth-order valence-corrected chi connectivity index (χ4v) is 2.32. The number of aliphatic imine (C=N–C) groups is 1. The first kappa shape index (κ1) is 11.9. The molecule has 1 aliphatic heterocycles. The molecule has 0 fully saturated rings. The van der Waals surface area contributed by atoms with Crippen molar-refractivity contribution in [3.8, 4) is 0 Å². The van der Waals surface area contributed by atoms with Crippen LogP contribution in [0.5, 0.6) is 0 Å². The summed E-state index contributed by atoms with van der Waals surface area (Å²) in [5, 5.41) is 10.2. The third-order valence-electron chi connectivity index (χ3n) is 3.35. The van der Waals surface area contributed by atoms with Crippen LogP contribution in [0.3, 0.4) is 0 Å². The monoisotopic (exact) mass is 253 g/mol. The van der Waals surface area contributed by atoms with Gasteiger partial charge in [-0.3, -0.25) is 4.99 Å². The quantitative estimate of drug-likeness (QED) is 0.880. The van der Waals surface area contributed by atoms with Crippen LogP contribution >= 0.6 is 0 Å². The topological polar surface area (TPSA) is 41.8 Å². The van der Waals surface area contributed by atoms with Crippen LogP contribution < -0.4 is 0 Å². The summed E-state index contributed by atoms with van der Waals surface area (Å²) >= 11 is 0. The lowest BCUT2D eigenvalue weighted by Crippen LogP contribution is -2.29. The van der Waals surface area contributed by atoms with E-state index in [1.807, 2.05) is 48.6 Å². The van der Waals surface area contributed by atoms with Crippen molar-refractivity contribution in [2.24, 2.45) is 10.9 Å². The maximum absolute atomic E-state index is 10.2. The van der Waals surface area contributed by atoms with Crippen LogP contribution in [-0.4, -0.2) is 24.0 Å². The molecule has 0 aromatic heterocycles. The molecule has 1 heterocycles. The van der Waals surface area contributed by atoms with Gasteiger partial charge in [0.05, 0.1) is 24.6 Å². The summed E-state index contributed by atoms with van der Waals surface area (Å²) in [5.74, 6) is 0.683. The molecule has 0 bridgehead atoms. The molecule has 3 nitrogen and oxygen atoms in total. The third-order valence-corrected chi connectivity index (χ3v) is 3.35. The van der Waals surface area contributed by atoms with E-state index in [1.165, 1.54) is 0 Å². The largest absolute Gasteiger partial charge is 0.497 e. The Hall–Kier alpha value is -2.13. The van der Waals surface area contributed by atoms with E-state index in [0.29, 0.717) is 0 Å². The minimum absolute atomic E-state index is 0.0774. The molecule has 3 heteroatoms. The Morgan fingerprint density at radius 2 is 2.00 bits per heavy atom. The molecular weight excluding hydrogens is 238 g/mol.